The van der Waals surface area contributed by atoms with Crippen molar-refractivity contribution in [3.8, 4) is 0 Å². The molecule has 9 heteroatoms. The highest BCUT2D eigenvalue weighted by Gasteiger charge is 2.29. The molecular weight excluding hydrogens is 332 g/mol. The van der Waals surface area contributed by atoms with Crippen molar-refractivity contribution in [3.05, 3.63) is 26.9 Å². The van der Waals surface area contributed by atoms with E-state index in [0.717, 1.165) is 29.9 Å². The quantitative estimate of drug-likeness (QED) is 0.869. The molecule has 21 heavy (non-hydrogen) atoms. The fourth-order valence-electron chi connectivity index (χ4n) is 1.98. The van der Waals surface area contributed by atoms with Gasteiger partial charge in [0.25, 0.3) is 10.0 Å². The number of thiophene rings is 1. The van der Waals surface area contributed by atoms with E-state index in [1.807, 2.05) is 5.38 Å². The Kier molecular flexibility index (Phi) is 3.50. The minimum absolute atomic E-state index is 0.178. The molecule has 112 valence electrons. The van der Waals surface area contributed by atoms with E-state index in [9.17, 15) is 13.2 Å². The zero-order valence-corrected chi connectivity index (χ0v) is 13.4. The molecule has 2 aromatic rings. The Morgan fingerprint density at radius 3 is 2.71 bits per heavy atom. The molecule has 2 aromatic heterocycles. The molecule has 0 aromatic carbocycles. The van der Waals surface area contributed by atoms with E-state index in [2.05, 4.69) is 9.71 Å². The first-order valence-corrected chi connectivity index (χ1v) is 9.42. The van der Waals surface area contributed by atoms with Gasteiger partial charge in [-0.05, 0) is 30.7 Å². The van der Waals surface area contributed by atoms with Crippen LogP contribution in [0.4, 0.5) is 5.13 Å². The normalized spacial score (nSPS) is 15.1. The number of hydrogen-bond acceptors (Lipinski definition) is 6. The summed E-state index contributed by atoms with van der Waals surface area (Å²) in [7, 11) is -3.94. The van der Waals surface area contributed by atoms with E-state index < -0.39 is 16.0 Å². The van der Waals surface area contributed by atoms with Crippen LogP contribution in [0.1, 0.15) is 39.7 Å². The molecule has 0 saturated heterocycles. The number of carboxylic acid groups (broad SMARTS) is 1. The number of nitrogens with zero attached hydrogens (tertiary/aromatic N) is 1. The molecule has 2 N–H and O–H groups in total. The zero-order valence-electron chi connectivity index (χ0n) is 11.0. The van der Waals surface area contributed by atoms with Crippen molar-refractivity contribution in [2.75, 3.05) is 4.72 Å². The number of thiazole rings is 1. The lowest BCUT2D eigenvalue weighted by molar-refractivity contribution is 0.0698. The summed E-state index contributed by atoms with van der Waals surface area (Å²) in [5, 5.41) is 12.7. The zero-order chi connectivity index (χ0) is 15.2. The molecule has 1 aliphatic rings. The van der Waals surface area contributed by atoms with Gasteiger partial charge in [0.2, 0.25) is 0 Å². The van der Waals surface area contributed by atoms with Crippen LogP contribution in [-0.2, 0) is 10.0 Å². The summed E-state index contributed by atoms with van der Waals surface area (Å²) >= 11 is 2.12. The summed E-state index contributed by atoms with van der Waals surface area (Å²) in [4.78, 5) is 15.0. The average Bonchev–Trinajstić information content (AvgIpc) is 3.01. The molecule has 0 spiro atoms. The van der Waals surface area contributed by atoms with Gasteiger partial charge in [-0.15, -0.1) is 22.7 Å². The van der Waals surface area contributed by atoms with Crippen molar-refractivity contribution in [2.45, 2.75) is 30.6 Å². The van der Waals surface area contributed by atoms with Gasteiger partial charge in [0.1, 0.15) is 9.77 Å². The molecule has 1 saturated carbocycles. The van der Waals surface area contributed by atoms with E-state index in [-0.39, 0.29) is 14.9 Å². The number of sulfonamides is 1. The van der Waals surface area contributed by atoms with Crippen LogP contribution < -0.4 is 4.72 Å². The maximum atomic E-state index is 12.4. The highest BCUT2D eigenvalue weighted by molar-refractivity contribution is 7.93. The molecule has 0 aliphatic heterocycles. The SMILES string of the molecule is Cc1csc(C(=O)O)c1S(=O)(=O)Nc1nc(C2CC2)cs1. The maximum absolute atomic E-state index is 12.4. The van der Waals surface area contributed by atoms with Crippen LogP contribution in [0.2, 0.25) is 0 Å². The summed E-state index contributed by atoms with van der Waals surface area (Å²) in [5.41, 5.74) is 1.32. The minimum Gasteiger partial charge on any atom is -0.477 e. The van der Waals surface area contributed by atoms with Crippen LogP contribution in [0.5, 0.6) is 0 Å². The molecule has 1 fully saturated rings. The van der Waals surface area contributed by atoms with E-state index in [0.29, 0.717) is 11.5 Å². The smallest absolute Gasteiger partial charge is 0.347 e. The second-order valence-corrected chi connectivity index (χ2v) is 8.20. The minimum atomic E-state index is -3.94. The van der Waals surface area contributed by atoms with Crippen molar-refractivity contribution in [1.29, 1.82) is 0 Å². The van der Waals surface area contributed by atoms with Crippen LogP contribution in [0, 0.1) is 6.92 Å². The Balaban J connectivity index is 1.92. The lowest BCUT2D eigenvalue weighted by Gasteiger charge is -2.06. The lowest BCUT2D eigenvalue weighted by Crippen LogP contribution is -2.16. The molecule has 0 radical (unpaired) electrons. The third-order valence-electron chi connectivity index (χ3n) is 3.12. The number of nitrogens with one attached hydrogen (secondary N) is 1. The molecule has 3 rings (SSSR count). The Bertz CT molecular complexity index is 802. The number of carboxylic acids is 1. The summed E-state index contributed by atoms with van der Waals surface area (Å²) in [6, 6.07) is 0. The molecule has 1 aliphatic carbocycles. The number of rotatable bonds is 5. The molecule has 0 bridgehead atoms. The monoisotopic (exact) mass is 344 g/mol. The predicted molar refractivity (Wildman–Crippen MR) is 80.9 cm³/mol. The highest BCUT2D eigenvalue weighted by Crippen LogP contribution is 2.41. The van der Waals surface area contributed by atoms with Gasteiger partial charge in [-0.2, -0.15) is 0 Å². The van der Waals surface area contributed by atoms with Gasteiger partial charge in [0.05, 0.1) is 5.69 Å². The summed E-state index contributed by atoms with van der Waals surface area (Å²) in [6.45, 7) is 1.58. The number of anilines is 1. The number of hydrogen-bond donors (Lipinski definition) is 2. The van der Waals surface area contributed by atoms with Crippen molar-refractivity contribution in [1.82, 2.24) is 4.98 Å². The van der Waals surface area contributed by atoms with Crippen molar-refractivity contribution < 1.29 is 18.3 Å². The first-order valence-electron chi connectivity index (χ1n) is 6.18. The average molecular weight is 344 g/mol. The van der Waals surface area contributed by atoms with E-state index >= 15 is 0 Å². The first kappa shape index (κ1) is 14.5. The largest absolute Gasteiger partial charge is 0.477 e. The molecule has 2 heterocycles. The summed E-state index contributed by atoms with van der Waals surface area (Å²) in [5.74, 6) is -0.803. The number of aromatic nitrogens is 1. The lowest BCUT2D eigenvalue weighted by atomic mass is 10.3. The van der Waals surface area contributed by atoms with E-state index in [4.69, 9.17) is 5.11 Å². The molecule has 0 amide bonds. The second kappa shape index (κ2) is 5.08. The topological polar surface area (TPSA) is 96.4 Å². The van der Waals surface area contributed by atoms with Crippen molar-refractivity contribution in [2.24, 2.45) is 0 Å². The van der Waals surface area contributed by atoms with Crippen molar-refractivity contribution >= 4 is 43.8 Å². The van der Waals surface area contributed by atoms with Crippen LogP contribution in [0.25, 0.3) is 0 Å². The summed E-state index contributed by atoms with van der Waals surface area (Å²) in [6.07, 6.45) is 2.17. The van der Waals surface area contributed by atoms with Crippen molar-refractivity contribution in [3.63, 3.8) is 0 Å². The van der Waals surface area contributed by atoms with E-state index in [1.54, 1.807) is 6.92 Å². The molecule has 0 atom stereocenters. The first-order chi connectivity index (χ1) is 9.88. The van der Waals surface area contributed by atoms with Crippen LogP contribution in [-0.4, -0.2) is 24.5 Å². The van der Waals surface area contributed by atoms with Gasteiger partial charge in [0, 0.05) is 11.3 Å². The fourth-order valence-corrected chi connectivity index (χ4v) is 5.66. The molecule has 6 nitrogen and oxygen atoms in total. The third kappa shape index (κ3) is 2.81. The Labute approximate surface area is 129 Å². The standard InChI is InChI=1S/C12H12N2O4S3/c1-6-4-19-9(11(15)16)10(6)21(17,18)14-12-13-8(5-20-12)7-2-3-7/h4-5,7H,2-3H2,1H3,(H,13,14)(H,15,16). The Hall–Kier alpha value is -1.45. The maximum Gasteiger partial charge on any atom is 0.347 e. The number of carbonyl (C=O) groups is 1. The Morgan fingerprint density at radius 2 is 2.10 bits per heavy atom. The van der Waals surface area contributed by atoms with Gasteiger partial charge in [0.15, 0.2) is 5.13 Å². The fraction of sp³-hybridized carbons (Fsp3) is 0.333. The highest BCUT2D eigenvalue weighted by atomic mass is 32.2. The molecule has 0 unspecified atom stereocenters. The van der Waals surface area contributed by atoms with Crippen LogP contribution in [0.15, 0.2) is 15.7 Å². The summed E-state index contributed by atoms with van der Waals surface area (Å²) < 4.78 is 27.2. The third-order valence-corrected chi connectivity index (χ3v) is 6.77. The van der Waals surface area contributed by atoms with Gasteiger partial charge in [-0.25, -0.2) is 18.2 Å². The molecular formula is C12H12N2O4S3. The van der Waals surface area contributed by atoms with Gasteiger partial charge in [-0.1, -0.05) is 0 Å². The Morgan fingerprint density at radius 1 is 1.38 bits per heavy atom. The predicted octanol–water partition coefficient (Wildman–Crippen LogP) is 2.89. The van der Waals surface area contributed by atoms with Crippen LogP contribution in [0.3, 0.4) is 0 Å². The van der Waals surface area contributed by atoms with Gasteiger partial charge >= 0.3 is 5.97 Å². The van der Waals surface area contributed by atoms with E-state index in [1.165, 1.54) is 16.7 Å². The number of aryl methyl sites for hydroxylation is 1. The van der Waals surface area contributed by atoms with Gasteiger partial charge < -0.3 is 5.11 Å². The van der Waals surface area contributed by atoms with Crippen LogP contribution >= 0.6 is 22.7 Å². The van der Waals surface area contributed by atoms with Gasteiger partial charge in [-0.3, -0.25) is 4.72 Å². The second-order valence-electron chi connectivity index (χ2n) is 4.84. The number of aromatic carboxylic acids is 1.